The number of hydrogen-bond donors (Lipinski definition) is 2. The normalized spacial score (nSPS) is 14.5. The average molecular weight is 231 g/mol. The first-order chi connectivity index (χ1) is 6.79. The van der Waals surface area contributed by atoms with Crippen LogP contribution in [0.4, 0.5) is 0 Å². The van der Waals surface area contributed by atoms with Crippen LogP contribution in [0.15, 0.2) is 18.2 Å². The third kappa shape index (κ3) is 2.75. The fourth-order valence-corrected chi connectivity index (χ4v) is 1.48. The zero-order valence-electron chi connectivity index (χ0n) is 8.53. The van der Waals surface area contributed by atoms with E-state index in [1.807, 2.05) is 25.1 Å². The summed E-state index contributed by atoms with van der Waals surface area (Å²) in [5, 5.41) is 0. The Bertz CT molecular complexity index is 333. The van der Waals surface area contributed by atoms with E-state index < -0.39 is 0 Å². The molecule has 15 heavy (non-hydrogen) atoms. The third-order valence-corrected chi connectivity index (χ3v) is 2.26. The van der Waals surface area contributed by atoms with Crippen LogP contribution in [0.25, 0.3) is 0 Å². The quantitative estimate of drug-likeness (QED) is 0.606. The van der Waals surface area contributed by atoms with Crippen molar-refractivity contribution in [3.8, 4) is 11.5 Å². The van der Waals surface area contributed by atoms with Gasteiger partial charge in [-0.2, -0.15) is 0 Å². The van der Waals surface area contributed by atoms with E-state index >= 15 is 0 Å². The van der Waals surface area contributed by atoms with Crippen LogP contribution in [0, 0.1) is 0 Å². The second-order valence-electron chi connectivity index (χ2n) is 3.46. The van der Waals surface area contributed by atoms with Crippen molar-refractivity contribution in [3.63, 3.8) is 0 Å². The van der Waals surface area contributed by atoms with E-state index in [1.165, 1.54) is 5.56 Å². The summed E-state index contributed by atoms with van der Waals surface area (Å²) in [7, 11) is 0. The Kier molecular flexibility index (Phi) is 4.20. The van der Waals surface area contributed by atoms with Crippen LogP contribution in [-0.2, 0) is 6.42 Å². The maximum atomic E-state index is 5.33. The molecule has 1 atom stereocenters. The molecule has 0 bridgehead atoms. The van der Waals surface area contributed by atoms with Crippen molar-refractivity contribution in [2.45, 2.75) is 19.4 Å². The van der Waals surface area contributed by atoms with Crippen LogP contribution in [0.1, 0.15) is 12.5 Å². The first-order valence-electron chi connectivity index (χ1n) is 4.64. The molecule has 1 aromatic rings. The van der Waals surface area contributed by atoms with Gasteiger partial charge in [-0.1, -0.05) is 6.07 Å². The van der Waals surface area contributed by atoms with Crippen LogP contribution >= 0.6 is 12.4 Å². The Balaban J connectivity index is 0.00000112. The Morgan fingerprint density at radius 2 is 2.13 bits per heavy atom. The lowest BCUT2D eigenvalue weighted by Crippen LogP contribution is -2.33. The average Bonchev–Trinajstić information content (AvgIpc) is 2.64. The fraction of sp³-hybridized carbons (Fsp3) is 0.400. The highest BCUT2D eigenvalue weighted by Crippen LogP contribution is 2.32. The standard InChI is InChI=1S/C10H14N2O2.ClH/c1-7(12-11)4-8-2-3-9-10(5-8)14-6-13-9;/h2-3,5,7,12H,4,6,11H2,1H3;1H. The van der Waals surface area contributed by atoms with Gasteiger partial charge in [0.15, 0.2) is 11.5 Å². The lowest BCUT2D eigenvalue weighted by molar-refractivity contribution is 0.174. The van der Waals surface area contributed by atoms with Crippen LogP contribution in [-0.4, -0.2) is 12.8 Å². The van der Waals surface area contributed by atoms with E-state index in [1.54, 1.807) is 0 Å². The summed E-state index contributed by atoms with van der Waals surface area (Å²) in [6, 6.07) is 6.22. The maximum absolute atomic E-state index is 5.33. The number of fused-ring (bicyclic) bond motifs is 1. The van der Waals surface area contributed by atoms with E-state index in [0.29, 0.717) is 6.79 Å². The first kappa shape index (κ1) is 12.1. The molecule has 0 aromatic heterocycles. The molecule has 0 saturated heterocycles. The van der Waals surface area contributed by atoms with Crippen LogP contribution in [0.2, 0.25) is 0 Å². The van der Waals surface area contributed by atoms with Gasteiger partial charge < -0.3 is 9.47 Å². The minimum atomic E-state index is 0. The van der Waals surface area contributed by atoms with Crippen molar-refractivity contribution in [2.75, 3.05) is 6.79 Å². The molecule has 1 aliphatic rings. The fourth-order valence-electron chi connectivity index (χ4n) is 1.48. The van der Waals surface area contributed by atoms with Gasteiger partial charge in [-0.25, -0.2) is 0 Å². The molecule has 2 rings (SSSR count). The van der Waals surface area contributed by atoms with E-state index in [2.05, 4.69) is 5.43 Å². The first-order valence-corrected chi connectivity index (χ1v) is 4.64. The van der Waals surface area contributed by atoms with Crippen molar-refractivity contribution in [1.82, 2.24) is 5.43 Å². The highest BCUT2D eigenvalue weighted by molar-refractivity contribution is 5.85. The summed E-state index contributed by atoms with van der Waals surface area (Å²) in [4.78, 5) is 0. The van der Waals surface area contributed by atoms with Crippen LogP contribution in [0.3, 0.4) is 0 Å². The molecule has 0 amide bonds. The predicted octanol–water partition coefficient (Wildman–Crippen LogP) is 1.23. The second-order valence-corrected chi connectivity index (χ2v) is 3.46. The summed E-state index contributed by atoms with van der Waals surface area (Å²) in [5.74, 6) is 6.97. The van der Waals surface area contributed by atoms with Crippen molar-refractivity contribution >= 4 is 12.4 Å². The van der Waals surface area contributed by atoms with Gasteiger partial charge in [-0.15, -0.1) is 12.4 Å². The Hall–Kier alpha value is -0.970. The molecular weight excluding hydrogens is 216 g/mol. The Morgan fingerprint density at radius 3 is 2.87 bits per heavy atom. The van der Waals surface area contributed by atoms with E-state index in [0.717, 1.165) is 17.9 Å². The number of hydrazine groups is 1. The predicted molar refractivity (Wildman–Crippen MR) is 60.3 cm³/mol. The summed E-state index contributed by atoms with van der Waals surface area (Å²) in [5.41, 5.74) is 3.90. The topological polar surface area (TPSA) is 56.5 Å². The SMILES string of the molecule is CC(Cc1ccc2c(c1)OCO2)NN.Cl. The van der Waals surface area contributed by atoms with Gasteiger partial charge in [0.2, 0.25) is 6.79 Å². The molecule has 4 nitrogen and oxygen atoms in total. The Labute approximate surface area is 95.1 Å². The summed E-state index contributed by atoms with van der Waals surface area (Å²) in [6.07, 6.45) is 0.882. The lowest BCUT2D eigenvalue weighted by atomic mass is 10.1. The number of halogens is 1. The molecule has 0 saturated carbocycles. The molecule has 5 heteroatoms. The number of rotatable bonds is 3. The van der Waals surface area contributed by atoms with Gasteiger partial charge in [-0.3, -0.25) is 11.3 Å². The van der Waals surface area contributed by atoms with Gasteiger partial charge in [0.1, 0.15) is 0 Å². The van der Waals surface area contributed by atoms with E-state index in [9.17, 15) is 0 Å². The molecular formula is C10H15ClN2O2. The molecule has 3 N–H and O–H groups in total. The number of nitrogens with two attached hydrogens (primary N) is 1. The maximum Gasteiger partial charge on any atom is 0.231 e. The molecule has 0 aliphatic carbocycles. The van der Waals surface area contributed by atoms with Gasteiger partial charge >= 0.3 is 0 Å². The number of benzene rings is 1. The van der Waals surface area contributed by atoms with Crippen molar-refractivity contribution in [1.29, 1.82) is 0 Å². The molecule has 1 heterocycles. The van der Waals surface area contributed by atoms with Crippen molar-refractivity contribution in [3.05, 3.63) is 23.8 Å². The van der Waals surface area contributed by atoms with Gasteiger partial charge in [0.25, 0.3) is 0 Å². The smallest absolute Gasteiger partial charge is 0.231 e. The van der Waals surface area contributed by atoms with E-state index in [-0.39, 0.29) is 18.4 Å². The number of nitrogens with one attached hydrogen (secondary N) is 1. The van der Waals surface area contributed by atoms with Gasteiger partial charge in [-0.05, 0) is 31.0 Å². The molecule has 0 fully saturated rings. The lowest BCUT2D eigenvalue weighted by Gasteiger charge is -2.09. The van der Waals surface area contributed by atoms with Crippen molar-refractivity contribution < 1.29 is 9.47 Å². The molecule has 0 radical (unpaired) electrons. The monoisotopic (exact) mass is 230 g/mol. The summed E-state index contributed by atoms with van der Waals surface area (Å²) >= 11 is 0. The van der Waals surface area contributed by atoms with Gasteiger partial charge in [0.05, 0.1) is 0 Å². The zero-order chi connectivity index (χ0) is 9.97. The van der Waals surface area contributed by atoms with E-state index in [4.69, 9.17) is 15.3 Å². The van der Waals surface area contributed by atoms with Gasteiger partial charge in [0, 0.05) is 6.04 Å². The number of ether oxygens (including phenoxy) is 2. The largest absolute Gasteiger partial charge is 0.454 e. The molecule has 84 valence electrons. The molecule has 1 aromatic carbocycles. The molecule has 1 unspecified atom stereocenters. The highest BCUT2D eigenvalue weighted by atomic mass is 35.5. The summed E-state index contributed by atoms with van der Waals surface area (Å²) < 4.78 is 10.5. The van der Waals surface area contributed by atoms with Crippen molar-refractivity contribution in [2.24, 2.45) is 5.84 Å². The zero-order valence-corrected chi connectivity index (χ0v) is 9.34. The number of hydrogen-bond acceptors (Lipinski definition) is 4. The molecule has 0 spiro atoms. The Morgan fingerprint density at radius 1 is 1.40 bits per heavy atom. The minimum absolute atomic E-state index is 0. The minimum Gasteiger partial charge on any atom is -0.454 e. The summed E-state index contributed by atoms with van der Waals surface area (Å²) in [6.45, 7) is 2.36. The van der Waals surface area contributed by atoms with Crippen LogP contribution < -0.4 is 20.7 Å². The van der Waals surface area contributed by atoms with Crippen LogP contribution in [0.5, 0.6) is 11.5 Å². The molecule has 1 aliphatic heterocycles. The highest BCUT2D eigenvalue weighted by Gasteiger charge is 2.13. The third-order valence-electron chi connectivity index (χ3n) is 2.26. The second kappa shape index (κ2) is 5.21.